The van der Waals surface area contributed by atoms with Crippen LogP contribution in [0.1, 0.15) is 40.5 Å². The number of carbonyl (C=O) groups excluding carboxylic acids is 1. The molecule has 0 bridgehead atoms. The van der Waals surface area contributed by atoms with Crippen molar-refractivity contribution in [1.82, 2.24) is 10.6 Å². The van der Waals surface area contributed by atoms with Gasteiger partial charge in [-0.2, -0.15) is 0 Å². The van der Waals surface area contributed by atoms with Crippen LogP contribution < -0.4 is 10.6 Å². The highest BCUT2D eigenvalue weighted by atomic mass is 16.5. The Labute approximate surface area is 110 Å². The predicted molar refractivity (Wildman–Crippen MR) is 72.5 cm³/mol. The van der Waals surface area contributed by atoms with E-state index in [1.807, 2.05) is 27.7 Å². The van der Waals surface area contributed by atoms with Crippen LogP contribution in [0.3, 0.4) is 0 Å². The number of hydrogen-bond donors (Lipinski definition) is 3. The van der Waals surface area contributed by atoms with Crippen LogP contribution in [0.5, 0.6) is 0 Å². The zero-order valence-electron chi connectivity index (χ0n) is 12.0. The Bertz CT molecular complexity index is 222. The second kappa shape index (κ2) is 10.3. The minimum atomic E-state index is -0.523. The van der Waals surface area contributed by atoms with Crippen LogP contribution in [-0.2, 0) is 9.53 Å². The molecular formula is C13H28N2O3. The summed E-state index contributed by atoms with van der Waals surface area (Å²) in [7, 11) is 0. The Balaban J connectivity index is 3.46. The average molecular weight is 260 g/mol. The van der Waals surface area contributed by atoms with E-state index in [-0.39, 0.29) is 18.1 Å². The number of aliphatic hydroxyl groups is 1. The Morgan fingerprint density at radius 3 is 2.56 bits per heavy atom. The lowest BCUT2D eigenvalue weighted by Gasteiger charge is -2.15. The SMILES string of the molecule is CCC(C)NC(=O)CCNCC(O)COC(C)C. The molecular weight excluding hydrogens is 232 g/mol. The third-order valence-electron chi connectivity index (χ3n) is 2.55. The van der Waals surface area contributed by atoms with Gasteiger partial charge < -0.3 is 20.5 Å². The minimum Gasteiger partial charge on any atom is -0.389 e. The van der Waals surface area contributed by atoms with Crippen LogP contribution in [0.4, 0.5) is 0 Å². The van der Waals surface area contributed by atoms with Crippen molar-refractivity contribution in [2.45, 2.75) is 58.8 Å². The van der Waals surface area contributed by atoms with Crippen LogP contribution in [0, 0.1) is 0 Å². The number of aliphatic hydroxyl groups excluding tert-OH is 1. The average Bonchev–Trinajstić information content (AvgIpc) is 2.31. The quantitative estimate of drug-likeness (QED) is 0.505. The van der Waals surface area contributed by atoms with Crippen molar-refractivity contribution < 1.29 is 14.6 Å². The molecule has 2 unspecified atom stereocenters. The number of carbonyl (C=O) groups is 1. The lowest BCUT2D eigenvalue weighted by atomic mass is 10.2. The van der Waals surface area contributed by atoms with Crippen LogP contribution in [0.25, 0.3) is 0 Å². The molecule has 5 nitrogen and oxygen atoms in total. The molecule has 0 spiro atoms. The van der Waals surface area contributed by atoms with Crippen molar-refractivity contribution in [1.29, 1.82) is 0 Å². The van der Waals surface area contributed by atoms with Gasteiger partial charge in [0.2, 0.25) is 5.91 Å². The maximum Gasteiger partial charge on any atom is 0.221 e. The van der Waals surface area contributed by atoms with Gasteiger partial charge in [-0.25, -0.2) is 0 Å². The third-order valence-corrected chi connectivity index (χ3v) is 2.55. The second-order valence-electron chi connectivity index (χ2n) is 4.87. The largest absolute Gasteiger partial charge is 0.389 e. The first-order chi connectivity index (χ1) is 8.45. The van der Waals surface area contributed by atoms with Crippen molar-refractivity contribution in [2.24, 2.45) is 0 Å². The van der Waals surface area contributed by atoms with Gasteiger partial charge in [0.05, 0.1) is 18.8 Å². The van der Waals surface area contributed by atoms with Gasteiger partial charge in [-0.15, -0.1) is 0 Å². The first kappa shape index (κ1) is 17.4. The summed E-state index contributed by atoms with van der Waals surface area (Å²) in [6, 6.07) is 0.225. The predicted octanol–water partition coefficient (Wildman–Crippen LogP) is 0.667. The molecule has 5 heteroatoms. The van der Waals surface area contributed by atoms with Crippen LogP contribution in [0.15, 0.2) is 0 Å². The molecule has 1 amide bonds. The standard InChI is InChI=1S/C13H28N2O3/c1-5-11(4)15-13(17)6-7-14-8-12(16)9-18-10(2)3/h10-12,14,16H,5-9H2,1-4H3,(H,15,17). The smallest absolute Gasteiger partial charge is 0.221 e. The normalized spacial score (nSPS) is 14.6. The van der Waals surface area contributed by atoms with Crippen molar-refractivity contribution >= 4 is 5.91 Å². The Morgan fingerprint density at radius 1 is 1.33 bits per heavy atom. The van der Waals surface area contributed by atoms with Crippen molar-refractivity contribution in [3.63, 3.8) is 0 Å². The molecule has 0 aromatic rings. The van der Waals surface area contributed by atoms with Gasteiger partial charge in [-0.1, -0.05) is 6.92 Å². The van der Waals surface area contributed by atoms with Crippen molar-refractivity contribution in [3.8, 4) is 0 Å². The molecule has 0 fully saturated rings. The fourth-order valence-electron chi connectivity index (χ4n) is 1.28. The van der Waals surface area contributed by atoms with Crippen LogP contribution >= 0.6 is 0 Å². The fourth-order valence-corrected chi connectivity index (χ4v) is 1.28. The molecule has 0 aromatic heterocycles. The molecule has 0 radical (unpaired) electrons. The molecule has 0 aromatic carbocycles. The maximum atomic E-state index is 11.4. The molecule has 0 saturated carbocycles. The number of rotatable bonds is 10. The summed E-state index contributed by atoms with van der Waals surface area (Å²) < 4.78 is 5.28. The first-order valence-electron chi connectivity index (χ1n) is 6.75. The molecule has 0 heterocycles. The van der Waals surface area contributed by atoms with E-state index in [2.05, 4.69) is 10.6 Å². The summed E-state index contributed by atoms with van der Waals surface area (Å²) in [6.07, 6.45) is 0.970. The molecule has 0 aliphatic rings. The van der Waals surface area contributed by atoms with E-state index in [0.717, 1.165) is 6.42 Å². The number of ether oxygens (including phenoxy) is 1. The van der Waals surface area contributed by atoms with Crippen molar-refractivity contribution in [3.05, 3.63) is 0 Å². The van der Waals surface area contributed by atoms with E-state index in [1.165, 1.54) is 0 Å². The van der Waals surface area contributed by atoms with Crippen LogP contribution in [-0.4, -0.2) is 49.0 Å². The Morgan fingerprint density at radius 2 is 2.00 bits per heavy atom. The maximum absolute atomic E-state index is 11.4. The molecule has 2 atom stereocenters. The van der Waals surface area contributed by atoms with Gasteiger partial charge >= 0.3 is 0 Å². The first-order valence-corrected chi connectivity index (χ1v) is 6.75. The molecule has 0 aliphatic carbocycles. The summed E-state index contributed by atoms with van der Waals surface area (Å²) in [6.45, 7) is 9.22. The Kier molecular flexibility index (Phi) is 9.92. The summed E-state index contributed by atoms with van der Waals surface area (Å²) in [5.74, 6) is 0.0461. The van der Waals surface area contributed by atoms with Gasteiger partial charge in [-0.05, 0) is 27.2 Å². The van der Waals surface area contributed by atoms with E-state index < -0.39 is 6.10 Å². The van der Waals surface area contributed by atoms with Crippen LogP contribution in [0.2, 0.25) is 0 Å². The van der Waals surface area contributed by atoms with E-state index in [9.17, 15) is 9.90 Å². The minimum absolute atomic E-state index is 0.0461. The summed E-state index contributed by atoms with van der Waals surface area (Å²) in [5, 5.41) is 15.5. The van der Waals surface area contributed by atoms with E-state index in [1.54, 1.807) is 0 Å². The van der Waals surface area contributed by atoms with E-state index >= 15 is 0 Å². The highest BCUT2D eigenvalue weighted by Gasteiger charge is 2.07. The van der Waals surface area contributed by atoms with E-state index in [0.29, 0.717) is 26.1 Å². The zero-order valence-corrected chi connectivity index (χ0v) is 12.0. The molecule has 18 heavy (non-hydrogen) atoms. The fraction of sp³-hybridized carbons (Fsp3) is 0.923. The topological polar surface area (TPSA) is 70.6 Å². The van der Waals surface area contributed by atoms with Gasteiger partial charge in [0, 0.05) is 25.6 Å². The monoisotopic (exact) mass is 260 g/mol. The lowest BCUT2D eigenvalue weighted by molar-refractivity contribution is -0.121. The van der Waals surface area contributed by atoms with Gasteiger partial charge in [0.1, 0.15) is 0 Å². The molecule has 0 saturated heterocycles. The summed E-state index contributed by atoms with van der Waals surface area (Å²) in [5.41, 5.74) is 0. The highest BCUT2D eigenvalue weighted by Crippen LogP contribution is 1.92. The van der Waals surface area contributed by atoms with E-state index in [4.69, 9.17) is 4.74 Å². The van der Waals surface area contributed by atoms with Gasteiger partial charge in [-0.3, -0.25) is 4.79 Å². The highest BCUT2D eigenvalue weighted by molar-refractivity contribution is 5.76. The van der Waals surface area contributed by atoms with Gasteiger partial charge in [0.25, 0.3) is 0 Å². The molecule has 0 rings (SSSR count). The number of amides is 1. The van der Waals surface area contributed by atoms with Gasteiger partial charge in [0.15, 0.2) is 0 Å². The third kappa shape index (κ3) is 10.5. The molecule has 108 valence electrons. The zero-order chi connectivity index (χ0) is 14.0. The summed E-state index contributed by atoms with van der Waals surface area (Å²) in [4.78, 5) is 11.4. The Hall–Kier alpha value is -0.650. The molecule has 3 N–H and O–H groups in total. The number of hydrogen-bond acceptors (Lipinski definition) is 4. The molecule has 0 aliphatic heterocycles. The second-order valence-corrected chi connectivity index (χ2v) is 4.87. The lowest BCUT2D eigenvalue weighted by Crippen LogP contribution is -2.36. The number of nitrogens with one attached hydrogen (secondary N) is 2. The van der Waals surface area contributed by atoms with Crippen molar-refractivity contribution in [2.75, 3.05) is 19.7 Å². The summed E-state index contributed by atoms with van der Waals surface area (Å²) >= 11 is 0.